The smallest absolute Gasteiger partial charge is 0.259 e. The Morgan fingerprint density at radius 3 is 3.05 bits per heavy atom. The minimum atomic E-state index is -0.222. The molecule has 98 valence electrons. The van der Waals surface area contributed by atoms with Crippen molar-refractivity contribution in [2.24, 2.45) is 0 Å². The summed E-state index contributed by atoms with van der Waals surface area (Å²) < 4.78 is 0. The second-order valence-corrected chi connectivity index (χ2v) is 5.57. The van der Waals surface area contributed by atoms with Crippen molar-refractivity contribution in [3.63, 3.8) is 0 Å². The van der Waals surface area contributed by atoms with Crippen LogP contribution in [0.2, 0.25) is 0 Å². The van der Waals surface area contributed by atoms with E-state index in [9.17, 15) is 9.59 Å². The third kappa shape index (κ3) is 2.21. The van der Waals surface area contributed by atoms with E-state index in [1.165, 1.54) is 17.1 Å². The first-order valence-electron chi connectivity index (χ1n) is 6.29. The van der Waals surface area contributed by atoms with Crippen LogP contribution in [0.4, 0.5) is 0 Å². The number of nitrogens with zero attached hydrogens (tertiary/aromatic N) is 1. The average Bonchev–Trinajstić information content (AvgIpc) is 3.09. The zero-order valence-electron chi connectivity index (χ0n) is 10.3. The Labute approximate surface area is 114 Å². The van der Waals surface area contributed by atoms with Crippen molar-refractivity contribution < 1.29 is 4.79 Å². The van der Waals surface area contributed by atoms with E-state index < -0.39 is 0 Å². The molecule has 1 unspecified atom stereocenters. The van der Waals surface area contributed by atoms with Gasteiger partial charge in [-0.2, -0.15) is 0 Å². The maximum atomic E-state index is 12.5. The molecule has 2 aromatic rings. The van der Waals surface area contributed by atoms with Gasteiger partial charge in [0.15, 0.2) is 5.43 Å². The van der Waals surface area contributed by atoms with Crippen LogP contribution in [0.25, 0.3) is 0 Å². The van der Waals surface area contributed by atoms with Gasteiger partial charge in [-0.15, -0.1) is 11.3 Å². The Morgan fingerprint density at radius 1 is 1.42 bits per heavy atom. The largest absolute Gasteiger partial charge is 0.367 e. The van der Waals surface area contributed by atoms with Gasteiger partial charge in [0, 0.05) is 29.9 Å². The third-order valence-electron chi connectivity index (χ3n) is 3.44. The van der Waals surface area contributed by atoms with Crippen LogP contribution in [0, 0.1) is 0 Å². The summed E-state index contributed by atoms with van der Waals surface area (Å²) in [6, 6.07) is 5.56. The Morgan fingerprint density at radius 2 is 2.32 bits per heavy atom. The minimum Gasteiger partial charge on any atom is -0.367 e. The van der Waals surface area contributed by atoms with E-state index in [1.807, 2.05) is 16.3 Å². The number of hydrogen-bond acceptors (Lipinski definition) is 3. The SMILES string of the molecule is O=C(c1c[nH]ccc1=O)N1CCCC1c1cccs1. The van der Waals surface area contributed by atoms with E-state index in [1.54, 1.807) is 17.5 Å². The zero-order chi connectivity index (χ0) is 13.2. The Kier molecular flexibility index (Phi) is 3.21. The van der Waals surface area contributed by atoms with Gasteiger partial charge >= 0.3 is 0 Å². The van der Waals surface area contributed by atoms with Gasteiger partial charge in [0.1, 0.15) is 5.56 Å². The minimum absolute atomic E-state index is 0.118. The van der Waals surface area contributed by atoms with Crippen LogP contribution >= 0.6 is 11.3 Å². The lowest BCUT2D eigenvalue weighted by Crippen LogP contribution is -2.33. The number of likely N-dealkylation sites (tertiary alicyclic amines) is 1. The number of pyridine rings is 1. The second kappa shape index (κ2) is 5.01. The summed E-state index contributed by atoms with van der Waals surface area (Å²) in [6.07, 6.45) is 4.99. The molecule has 1 atom stereocenters. The fraction of sp³-hybridized carbons (Fsp3) is 0.286. The molecule has 0 spiro atoms. The maximum Gasteiger partial charge on any atom is 0.259 e. The Bertz CT molecular complexity index is 633. The van der Waals surface area contributed by atoms with Crippen LogP contribution < -0.4 is 5.43 Å². The molecular weight excluding hydrogens is 260 g/mol. The van der Waals surface area contributed by atoms with Gasteiger partial charge in [0.05, 0.1) is 6.04 Å². The first-order chi connectivity index (χ1) is 9.27. The fourth-order valence-electron chi connectivity index (χ4n) is 2.52. The molecule has 1 amide bonds. The van der Waals surface area contributed by atoms with Crippen molar-refractivity contribution in [1.82, 2.24) is 9.88 Å². The lowest BCUT2D eigenvalue weighted by atomic mass is 10.1. The van der Waals surface area contributed by atoms with Gasteiger partial charge in [-0.1, -0.05) is 6.07 Å². The van der Waals surface area contributed by atoms with Crippen LogP contribution in [0.3, 0.4) is 0 Å². The summed E-state index contributed by atoms with van der Waals surface area (Å²) in [5.41, 5.74) is 0.00605. The molecule has 5 heteroatoms. The van der Waals surface area contributed by atoms with Crippen LogP contribution in [0.15, 0.2) is 40.8 Å². The van der Waals surface area contributed by atoms with E-state index >= 15 is 0 Å². The van der Waals surface area contributed by atoms with Crippen LogP contribution in [-0.4, -0.2) is 22.3 Å². The van der Waals surface area contributed by atoms with Crippen molar-refractivity contribution in [1.29, 1.82) is 0 Å². The van der Waals surface area contributed by atoms with Gasteiger partial charge in [0.2, 0.25) is 0 Å². The highest BCUT2D eigenvalue weighted by molar-refractivity contribution is 7.10. The quantitative estimate of drug-likeness (QED) is 0.914. The molecule has 0 aliphatic carbocycles. The average molecular weight is 274 g/mol. The topological polar surface area (TPSA) is 53.2 Å². The van der Waals surface area contributed by atoms with Crippen molar-refractivity contribution in [3.05, 3.63) is 56.6 Å². The molecule has 0 saturated carbocycles. The molecule has 1 fully saturated rings. The second-order valence-electron chi connectivity index (χ2n) is 4.59. The van der Waals surface area contributed by atoms with E-state index in [4.69, 9.17) is 0 Å². The van der Waals surface area contributed by atoms with Gasteiger partial charge in [-0.3, -0.25) is 9.59 Å². The summed E-state index contributed by atoms with van der Waals surface area (Å²) in [7, 11) is 0. The highest BCUT2D eigenvalue weighted by Gasteiger charge is 2.31. The van der Waals surface area contributed by atoms with Crippen molar-refractivity contribution in [2.75, 3.05) is 6.54 Å². The van der Waals surface area contributed by atoms with E-state index in [0.29, 0.717) is 0 Å². The third-order valence-corrected chi connectivity index (χ3v) is 4.41. The molecule has 0 bridgehead atoms. The number of nitrogens with one attached hydrogen (secondary N) is 1. The molecule has 0 aromatic carbocycles. The summed E-state index contributed by atoms with van der Waals surface area (Å²) in [5, 5.41) is 2.02. The van der Waals surface area contributed by atoms with E-state index in [0.717, 1.165) is 19.4 Å². The number of amides is 1. The number of hydrogen-bond donors (Lipinski definition) is 1. The molecular formula is C14H14N2O2S. The summed E-state index contributed by atoms with van der Waals surface area (Å²) in [5.74, 6) is -0.169. The van der Waals surface area contributed by atoms with Gasteiger partial charge < -0.3 is 9.88 Å². The molecule has 1 aliphatic heterocycles. The molecule has 2 aromatic heterocycles. The van der Waals surface area contributed by atoms with Crippen molar-refractivity contribution in [2.45, 2.75) is 18.9 Å². The molecule has 4 nitrogen and oxygen atoms in total. The highest BCUT2D eigenvalue weighted by Crippen LogP contribution is 2.34. The van der Waals surface area contributed by atoms with Gasteiger partial charge in [-0.05, 0) is 24.3 Å². The lowest BCUT2D eigenvalue weighted by molar-refractivity contribution is 0.0736. The summed E-state index contributed by atoms with van der Waals surface area (Å²) >= 11 is 1.66. The van der Waals surface area contributed by atoms with E-state index in [-0.39, 0.29) is 22.9 Å². The number of thiophene rings is 1. The number of carbonyl (C=O) groups is 1. The predicted octanol–water partition coefficient (Wildman–Crippen LogP) is 2.41. The van der Waals surface area contributed by atoms with Crippen molar-refractivity contribution >= 4 is 17.2 Å². The Hall–Kier alpha value is -1.88. The molecule has 1 N–H and O–H groups in total. The molecule has 1 saturated heterocycles. The number of aromatic nitrogens is 1. The van der Waals surface area contributed by atoms with Crippen molar-refractivity contribution in [3.8, 4) is 0 Å². The van der Waals surface area contributed by atoms with Crippen LogP contribution in [-0.2, 0) is 0 Å². The highest BCUT2D eigenvalue weighted by atomic mass is 32.1. The predicted molar refractivity (Wildman–Crippen MR) is 74.4 cm³/mol. The number of carbonyl (C=O) groups excluding carboxylic acids is 1. The number of aromatic amines is 1. The first-order valence-corrected chi connectivity index (χ1v) is 7.17. The fourth-order valence-corrected chi connectivity index (χ4v) is 3.40. The molecule has 1 aliphatic rings. The summed E-state index contributed by atoms with van der Waals surface area (Å²) in [4.78, 5) is 30.0. The molecule has 3 rings (SSSR count). The number of H-pyrrole nitrogens is 1. The van der Waals surface area contributed by atoms with Crippen LogP contribution in [0.5, 0.6) is 0 Å². The van der Waals surface area contributed by atoms with E-state index in [2.05, 4.69) is 11.1 Å². The lowest BCUT2D eigenvalue weighted by Gasteiger charge is -2.23. The molecule has 0 radical (unpaired) electrons. The zero-order valence-corrected chi connectivity index (χ0v) is 11.2. The van der Waals surface area contributed by atoms with Gasteiger partial charge in [-0.25, -0.2) is 0 Å². The maximum absolute atomic E-state index is 12.5. The monoisotopic (exact) mass is 274 g/mol. The van der Waals surface area contributed by atoms with Crippen LogP contribution in [0.1, 0.15) is 34.1 Å². The molecule has 19 heavy (non-hydrogen) atoms. The Balaban J connectivity index is 1.91. The normalized spacial score (nSPS) is 18.7. The first kappa shape index (κ1) is 12.2. The van der Waals surface area contributed by atoms with Gasteiger partial charge in [0.25, 0.3) is 5.91 Å². The number of rotatable bonds is 2. The standard InChI is InChI=1S/C14H14N2O2S/c17-12-5-6-15-9-10(12)14(18)16-7-1-3-11(16)13-4-2-8-19-13/h2,4-6,8-9,11H,1,3,7H2,(H,15,17). The summed E-state index contributed by atoms with van der Waals surface area (Å²) in [6.45, 7) is 0.718. The molecule has 3 heterocycles.